The number of amides is 8. The lowest BCUT2D eigenvalue weighted by atomic mass is 9.91. The minimum Gasteiger partial charge on any atom is -0.497 e. The van der Waals surface area contributed by atoms with Crippen LogP contribution in [0.15, 0.2) is 48.5 Å². The number of nitrogens with one attached hydrogen (secondary N) is 5. The van der Waals surface area contributed by atoms with E-state index >= 15 is 0 Å². The van der Waals surface area contributed by atoms with Crippen molar-refractivity contribution in [2.75, 3.05) is 41.4 Å². The zero-order valence-corrected chi connectivity index (χ0v) is 78.0. The quantitative estimate of drug-likeness (QED) is 0.0465. The number of hydrogen-bond donors (Lipinski definition) is 8. The van der Waals surface area contributed by atoms with Crippen LogP contribution < -0.4 is 41.8 Å². The smallest absolute Gasteiger partial charge is 0.408 e. The Kier molecular flexibility index (Phi) is 42.5. The minimum absolute atomic E-state index is 0. The molecule has 0 bridgehead atoms. The first-order valence-electron chi connectivity index (χ1n) is 43.6. The van der Waals surface area contributed by atoms with Gasteiger partial charge in [0.2, 0.25) is 41.4 Å². The monoisotopic (exact) mass is 1770 g/mol. The van der Waals surface area contributed by atoms with Gasteiger partial charge in [0.05, 0.1) is 69.2 Å². The van der Waals surface area contributed by atoms with Crippen molar-refractivity contribution in [3.63, 3.8) is 0 Å². The van der Waals surface area contributed by atoms with Crippen LogP contribution in [0.4, 0.5) is 4.79 Å². The number of fused-ring (bicyclic) bond motifs is 2. The number of ketones is 2. The van der Waals surface area contributed by atoms with Gasteiger partial charge in [-0.2, -0.15) is 0 Å². The van der Waals surface area contributed by atoms with Gasteiger partial charge in [-0.05, 0) is 171 Å². The van der Waals surface area contributed by atoms with Crippen molar-refractivity contribution in [1.29, 1.82) is 0 Å². The molecular weight excluding hydrogens is 1620 g/mol. The molecular formula is C90H143ClN10O23. The molecule has 6 rings (SSSR count). The third-order valence-electron chi connectivity index (χ3n) is 23.7. The molecule has 0 aliphatic carbocycles. The number of nitrogens with zero attached hydrogens (tertiary/aromatic N) is 4. The largest absolute Gasteiger partial charge is 0.497 e. The number of aliphatic hydroxyl groups excluding tert-OH is 2. The fourth-order valence-electron chi connectivity index (χ4n) is 15.7. The van der Waals surface area contributed by atoms with E-state index < -0.39 is 222 Å². The van der Waals surface area contributed by atoms with Crippen molar-refractivity contribution in [1.82, 2.24) is 46.2 Å². The number of aliphatic hydroxyl groups is 2. The Balaban J connectivity index is 0.000000519. The highest BCUT2D eigenvalue weighted by Gasteiger charge is 2.48. The highest BCUT2D eigenvalue weighted by Crippen LogP contribution is 2.31. The molecule has 4 aliphatic heterocycles. The number of hydrogen-bond acceptors (Lipinski definition) is 25. The van der Waals surface area contributed by atoms with Gasteiger partial charge >= 0.3 is 30.0 Å². The molecule has 34 heteroatoms. The van der Waals surface area contributed by atoms with Crippen molar-refractivity contribution in [3.8, 4) is 11.5 Å². The molecule has 0 saturated carbocycles. The summed E-state index contributed by atoms with van der Waals surface area (Å²) in [6, 6.07) is 2.76. The Morgan fingerprint density at radius 1 is 0.548 bits per heavy atom. The molecule has 33 nitrogen and oxygen atoms in total. The van der Waals surface area contributed by atoms with E-state index in [1.165, 1.54) is 70.7 Å². The molecule has 9 N–H and O–H groups in total. The number of rotatable bonds is 17. The Hall–Kier alpha value is -9.05. The lowest BCUT2D eigenvalue weighted by molar-refractivity contribution is -0.162. The number of likely N-dealkylation sites (N-methyl/N-ethyl adjacent to an activating group) is 2. The van der Waals surface area contributed by atoms with Crippen LogP contribution in [-0.4, -0.2) is 263 Å². The zero-order chi connectivity index (χ0) is 92.7. The van der Waals surface area contributed by atoms with Crippen LogP contribution in [-0.2, 0) is 98.9 Å². The number of esters is 4. The molecule has 0 spiro atoms. The van der Waals surface area contributed by atoms with Crippen LogP contribution in [0.25, 0.3) is 0 Å². The molecule has 0 radical (unpaired) electrons. The molecule has 698 valence electrons. The van der Waals surface area contributed by atoms with E-state index in [-0.39, 0.29) is 67.9 Å². The fraction of sp³-hybridized carbons (Fsp3) is 0.711. The first kappa shape index (κ1) is 107. The number of carbonyl (C=O) groups is 14. The average molecular weight is 1770 g/mol. The number of benzene rings is 2. The second-order valence-electron chi connectivity index (χ2n) is 36.2. The molecule has 124 heavy (non-hydrogen) atoms. The highest BCUT2D eigenvalue weighted by molar-refractivity contribution is 6.06. The van der Waals surface area contributed by atoms with E-state index in [4.69, 9.17) is 38.9 Å². The van der Waals surface area contributed by atoms with E-state index in [1.807, 2.05) is 53.4 Å². The number of nitrogens with two attached hydrogens (primary N) is 1. The normalized spacial score (nSPS) is 29.3. The van der Waals surface area contributed by atoms with Crippen molar-refractivity contribution < 1.29 is 110 Å². The maximum Gasteiger partial charge on any atom is 0.408 e. The van der Waals surface area contributed by atoms with Crippen molar-refractivity contribution >= 4 is 95.3 Å². The molecule has 0 aromatic heterocycles. The average Bonchev–Trinajstić information content (AvgIpc) is 1.61. The molecule has 21 atom stereocenters. The molecule has 2 aromatic rings. The predicted octanol–water partition coefficient (Wildman–Crippen LogP) is 6.68. The van der Waals surface area contributed by atoms with Crippen LogP contribution in [0.2, 0.25) is 0 Å². The van der Waals surface area contributed by atoms with Crippen LogP contribution >= 0.6 is 12.4 Å². The first-order valence-corrected chi connectivity index (χ1v) is 43.6. The molecule has 8 amide bonds. The molecule has 1 unspecified atom stereocenters. The van der Waals surface area contributed by atoms with Crippen LogP contribution in [0.1, 0.15) is 214 Å². The van der Waals surface area contributed by atoms with Crippen LogP contribution in [0.5, 0.6) is 11.5 Å². The SMILES string of the molecule is CC[C@H](C)[C@H]1NC(=O)[C@@H](N)[C@@H](C)OC(=O)[C@H](Cc2ccc(OC)cc2)N(C)C(=O)[C@@H]2CCCN2C(=O)[C@H](CC(C)C)NC(=O)[C@@H](C)C(=O)[C@H](C(C)C)OC(=O)C[C@@H]1O.CC[C@H](C)[C@H]1NC(=O)[C@@H](NC(=O)OC(C)(C)C)[C@@H](C)OC(=O)[C@H](Cc2ccc(OC)cc2)N(C)C(=O)[C@@H]2CCCN2C(C)[C@H](CC(C)C)NC(=O)[C@@H](C)C(=O)[C@H](C(C)C)OC(=O)C[C@@H]1O.Cl. The topological polar surface area (TPSA) is 443 Å². The van der Waals surface area contributed by atoms with Crippen molar-refractivity contribution in [2.45, 2.75) is 324 Å². The summed E-state index contributed by atoms with van der Waals surface area (Å²) < 4.78 is 39.2. The molecule has 2 aromatic carbocycles. The number of cyclic esters (lactones) is 4. The number of alkyl carbamates (subject to hydrolysis) is 1. The summed E-state index contributed by atoms with van der Waals surface area (Å²) >= 11 is 0. The standard InChI is InChI=1S/C48H77N5O12.C42H65N5O11.ClH/c1-15-28(6)39-37(54)25-38(55)64-42(27(4)5)41(56)29(7)43(57)49-34(23-26(2)3)30(8)53-22-16-17-35(53)45(59)52(13)36(24-32-18-20-33(62-14)21-19-32)46(60)63-31(9)40(44(58)50-39)51-47(61)65-48(10,11)12;1-11-24(6)35-32(48)21-33(49)58-37(23(4)5)36(50)25(7)38(51)44-29(19-22(2)3)40(53)47-18-12-13-30(47)41(54)46(9)31(20-27-14-16-28(56-10)17-15-27)42(55)57-26(8)34(43)39(52)45-35;/h18-21,26-31,34-37,39-40,42,54H,15-17,22-25H2,1-14H3,(H,49,57)(H,50,58)(H,51,61);14-17,22-26,29-32,34-35,37,48H,11-13,18-21,43H2,1-10H3,(H,44,51)(H,45,52);1H/t28-,29-,30?,31+,34-,35-,36-,37-,39+,40-,42-;24-,25-,26+,29-,30-,31-,32-,34-,35+,37-;/m00./s1. The van der Waals surface area contributed by atoms with Gasteiger partial charge in [-0.15, -0.1) is 12.4 Å². The van der Waals surface area contributed by atoms with E-state index in [2.05, 4.69) is 26.6 Å². The van der Waals surface area contributed by atoms with Gasteiger partial charge in [-0.3, -0.25) is 57.6 Å². The van der Waals surface area contributed by atoms with Crippen LogP contribution in [0.3, 0.4) is 0 Å². The van der Waals surface area contributed by atoms with E-state index in [0.29, 0.717) is 74.1 Å². The maximum absolute atomic E-state index is 14.8. The number of ether oxygens (including phenoxy) is 7. The van der Waals surface area contributed by atoms with Gasteiger partial charge in [0, 0.05) is 45.6 Å². The lowest BCUT2D eigenvalue weighted by Gasteiger charge is -2.39. The zero-order valence-electron chi connectivity index (χ0n) is 77.2. The Bertz CT molecular complexity index is 3920. The summed E-state index contributed by atoms with van der Waals surface area (Å²) in [5.74, 6) is -12.4. The number of methoxy groups -OCH3 is 2. The molecule has 4 fully saturated rings. The molecule has 4 heterocycles. The highest BCUT2D eigenvalue weighted by atomic mass is 35.5. The third-order valence-corrected chi connectivity index (χ3v) is 23.7. The van der Waals surface area contributed by atoms with E-state index in [9.17, 15) is 77.3 Å². The first-order chi connectivity index (χ1) is 57.5. The summed E-state index contributed by atoms with van der Waals surface area (Å²) in [5.41, 5.74) is 6.72. The molecule has 4 saturated heterocycles. The minimum atomic E-state index is -1.58. The second kappa shape index (κ2) is 49.2. The Morgan fingerprint density at radius 2 is 0.960 bits per heavy atom. The van der Waals surface area contributed by atoms with Gasteiger partial charge in [-0.1, -0.05) is 120 Å². The number of Topliss-reactive ketones (excluding diaryl/α,β-unsaturated/α-hetero) is 2. The predicted molar refractivity (Wildman–Crippen MR) is 464 cm³/mol. The summed E-state index contributed by atoms with van der Waals surface area (Å²) in [6.45, 7) is 34.9. The van der Waals surface area contributed by atoms with Gasteiger partial charge < -0.3 is 90.4 Å². The number of carbonyl (C=O) groups excluding carboxylic acids is 14. The third kappa shape index (κ3) is 30.4. The summed E-state index contributed by atoms with van der Waals surface area (Å²) in [7, 11) is 6.03. The second-order valence-corrected chi connectivity index (χ2v) is 36.2. The van der Waals surface area contributed by atoms with Gasteiger partial charge in [-0.25, -0.2) is 14.4 Å². The number of halogens is 1. The van der Waals surface area contributed by atoms with Crippen molar-refractivity contribution in [2.24, 2.45) is 53.1 Å². The Morgan fingerprint density at radius 3 is 1.38 bits per heavy atom. The van der Waals surface area contributed by atoms with E-state index in [1.54, 1.807) is 111 Å². The Labute approximate surface area is 738 Å². The van der Waals surface area contributed by atoms with Gasteiger partial charge in [0.25, 0.3) is 0 Å². The maximum atomic E-state index is 14.8. The van der Waals surface area contributed by atoms with Crippen molar-refractivity contribution in [3.05, 3.63) is 59.7 Å². The summed E-state index contributed by atoms with van der Waals surface area (Å²) in [6.07, 6.45) is -6.87. The molecule has 4 aliphatic rings. The van der Waals surface area contributed by atoms with Gasteiger partial charge in [0.15, 0.2) is 23.8 Å². The van der Waals surface area contributed by atoms with Gasteiger partial charge in [0.1, 0.15) is 65.6 Å². The van der Waals surface area contributed by atoms with E-state index in [0.717, 1.165) is 0 Å². The summed E-state index contributed by atoms with van der Waals surface area (Å²) in [5, 5.41) is 36.7. The fourth-order valence-corrected chi connectivity index (χ4v) is 15.7. The lowest BCUT2D eigenvalue weighted by Crippen LogP contribution is -2.60. The van der Waals surface area contributed by atoms with Crippen LogP contribution in [0, 0.1) is 47.3 Å². The summed E-state index contributed by atoms with van der Waals surface area (Å²) in [4.78, 5) is 202.